The van der Waals surface area contributed by atoms with Crippen LogP contribution in [-0.4, -0.2) is 57.0 Å². The predicted molar refractivity (Wildman–Crippen MR) is 119 cm³/mol. The van der Waals surface area contributed by atoms with Crippen molar-refractivity contribution < 1.29 is 14.4 Å². The molecule has 0 radical (unpaired) electrons. The minimum atomic E-state index is -0.179. The number of anilines is 1. The average Bonchev–Trinajstić information content (AvgIpc) is 3.22. The van der Waals surface area contributed by atoms with E-state index in [1.165, 1.54) is 0 Å². The molecule has 1 heterocycles. The number of oxime groups is 1. The lowest BCUT2D eigenvalue weighted by molar-refractivity contribution is 0.0590. The smallest absolute Gasteiger partial charge is 0.317 e. The number of nitrogens with zero attached hydrogens (tertiary/aromatic N) is 3. The van der Waals surface area contributed by atoms with Crippen molar-refractivity contribution in [3.8, 4) is 5.75 Å². The molecular weight excluding hydrogens is 380 g/mol. The first kappa shape index (κ1) is 21.5. The van der Waals surface area contributed by atoms with Gasteiger partial charge in [0.25, 0.3) is 0 Å². The van der Waals surface area contributed by atoms with E-state index in [1.807, 2.05) is 45.3 Å². The molecule has 1 aliphatic rings. The maximum atomic E-state index is 12.6. The summed E-state index contributed by atoms with van der Waals surface area (Å²) in [5, 5.41) is 7.17. The van der Waals surface area contributed by atoms with Gasteiger partial charge in [-0.25, -0.2) is 4.79 Å². The van der Waals surface area contributed by atoms with Crippen molar-refractivity contribution in [1.82, 2.24) is 10.2 Å². The Morgan fingerprint density at radius 1 is 1.23 bits per heavy atom. The van der Waals surface area contributed by atoms with E-state index in [-0.39, 0.29) is 12.1 Å². The molecule has 2 aromatic carbocycles. The molecule has 0 aliphatic carbocycles. The van der Waals surface area contributed by atoms with Gasteiger partial charge in [0.1, 0.15) is 5.75 Å². The second-order valence-corrected chi connectivity index (χ2v) is 7.48. The molecule has 0 saturated heterocycles. The van der Waals surface area contributed by atoms with Gasteiger partial charge in [-0.15, -0.1) is 0 Å². The molecule has 160 valence electrons. The van der Waals surface area contributed by atoms with E-state index in [2.05, 4.69) is 39.6 Å². The molecule has 7 heteroatoms. The number of ether oxygens (including phenoxy) is 1. The van der Waals surface area contributed by atoms with Gasteiger partial charge >= 0.3 is 6.03 Å². The van der Waals surface area contributed by atoms with Gasteiger partial charge in [-0.3, -0.25) is 0 Å². The van der Waals surface area contributed by atoms with Gasteiger partial charge in [0.15, 0.2) is 6.10 Å². The minimum absolute atomic E-state index is 0.118. The zero-order valence-corrected chi connectivity index (χ0v) is 18.1. The van der Waals surface area contributed by atoms with Gasteiger partial charge < -0.3 is 24.7 Å². The second-order valence-electron chi connectivity index (χ2n) is 7.48. The molecule has 1 atom stereocenters. The van der Waals surface area contributed by atoms with Crippen LogP contribution in [-0.2, 0) is 11.4 Å². The van der Waals surface area contributed by atoms with Gasteiger partial charge in [-0.05, 0) is 42.3 Å². The molecule has 0 bridgehead atoms. The first-order valence-electron chi connectivity index (χ1n) is 10.2. The van der Waals surface area contributed by atoms with Crippen molar-refractivity contribution >= 4 is 17.4 Å². The highest BCUT2D eigenvalue weighted by Crippen LogP contribution is 2.21. The maximum Gasteiger partial charge on any atom is 0.317 e. The summed E-state index contributed by atoms with van der Waals surface area (Å²) in [6.45, 7) is 3.40. The molecular formula is C23H30N4O3. The summed E-state index contributed by atoms with van der Waals surface area (Å²) in [5.41, 5.74) is 4.08. The topological polar surface area (TPSA) is 66.4 Å². The van der Waals surface area contributed by atoms with Crippen molar-refractivity contribution in [1.29, 1.82) is 0 Å². The minimum Gasteiger partial charge on any atom is -0.497 e. The SMILES string of the molecule is CCNC(=O)N(Cc1cccc(OC)c1)CC1CC(c2ccc(N(C)C)cc2)=NO1. The summed E-state index contributed by atoms with van der Waals surface area (Å²) in [7, 11) is 5.66. The molecule has 0 saturated carbocycles. The normalized spacial score (nSPS) is 15.2. The molecule has 1 aliphatic heterocycles. The fourth-order valence-electron chi connectivity index (χ4n) is 3.37. The van der Waals surface area contributed by atoms with Crippen LogP contribution < -0.4 is 15.0 Å². The Morgan fingerprint density at radius 3 is 2.67 bits per heavy atom. The van der Waals surface area contributed by atoms with Crippen LogP contribution in [0.4, 0.5) is 10.5 Å². The van der Waals surface area contributed by atoms with E-state index in [0.29, 0.717) is 26.1 Å². The van der Waals surface area contributed by atoms with E-state index in [0.717, 1.165) is 28.3 Å². The van der Waals surface area contributed by atoms with Crippen molar-refractivity contribution in [2.75, 3.05) is 39.2 Å². The van der Waals surface area contributed by atoms with Crippen LogP contribution in [0.3, 0.4) is 0 Å². The third-order valence-corrected chi connectivity index (χ3v) is 5.00. The number of methoxy groups -OCH3 is 1. The molecule has 30 heavy (non-hydrogen) atoms. The van der Waals surface area contributed by atoms with Crippen LogP contribution >= 0.6 is 0 Å². The van der Waals surface area contributed by atoms with E-state index < -0.39 is 0 Å². The van der Waals surface area contributed by atoms with E-state index in [1.54, 1.807) is 12.0 Å². The lowest BCUT2D eigenvalue weighted by atomic mass is 10.0. The van der Waals surface area contributed by atoms with Crippen LogP contribution in [0.5, 0.6) is 5.75 Å². The number of carbonyl (C=O) groups is 1. The first-order valence-corrected chi connectivity index (χ1v) is 10.2. The summed E-state index contributed by atoms with van der Waals surface area (Å²) in [6, 6.07) is 15.9. The number of hydrogen-bond donors (Lipinski definition) is 1. The van der Waals surface area contributed by atoms with Gasteiger partial charge in [0.2, 0.25) is 0 Å². The summed E-state index contributed by atoms with van der Waals surface area (Å²) in [4.78, 5) is 22.1. The Labute approximate surface area is 178 Å². The molecule has 2 aromatic rings. The molecule has 7 nitrogen and oxygen atoms in total. The number of carbonyl (C=O) groups excluding carboxylic acids is 1. The number of benzene rings is 2. The Morgan fingerprint density at radius 2 is 2.00 bits per heavy atom. The quantitative estimate of drug-likeness (QED) is 0.724. The summed E-state index contributed by atoms with van der Waals surface area (Å²) >= 11 is 0. The highest BCUT2D eigenvalue weighted by atomic mass is 16.6. The molecule has 1 unspecified atom stereocenters. The monoisotopic (exact) mass is 410 g/mol. The van der Waals surface area contributed by atoms with Gasteiger partial charge in [-0.1, -0.05) is 29.4 Å². The lowest BCUT2D eigenvalue weighted by Crippen LogP contribution is -2.43. The largest absolute Gasteiger partial charge is 0.497 e. The molecule has 3 rings (SSSR count). The van der Waals surface area contributed by atoms with E-state index in [9.17, 15) is 4.79 Å². The number of nitrogens with one attached hydrogen (secondary N) is 1. The fraction of sp³-hybridized carbons (Fsp3) is 0.391. The molecule has 2 amide bonds. The summed E-state index contributed by atoms with van der Waals surface area (Å²) in [6.07, 6.45) is 0.483. The number of rotatable bonds is 8. The fourth-order valence-corrected chi connectivity index (χ4v) is 3.37. The van der Waals surface area contributed by atoms with E-state index in [4.69, 9.17) is 9.57 Å². The summed E-state index contributed by atoms with van der Waals surface area (Å²) in [5.74, 6) is 0.771. The lowest BCUT2D eigenvalue weighted by Gasteiger charge is -2.25. The van der Waals surface area contributed by atoms with Crippen molar-refractivity contribution in [3.05, 3.63) is 59.7 Å². The van der Waals surface area contributed by atoms with Gasteiger partial charge in [0.05, 0.1) is 19.4 Å². The van der Waals surface area contributed by atoms with Crippen LogP contribution in [0, 0.1) is 0 Å². The van der Waals surface area contributed by atoms with Crippen LogP contribution in [0.1, 0.15) is 24.5 Å². The van der Waals surface area contributed by atoms with Crippen molar-refractivity contribution in [3.63, 3.8) is 0 Å². The van der Waals surface area contributed by atoms with Gasteiger partial charge in [-0.2, -0.15) is 0 Å². The molecule has 0 spiro atoms. The number of urea groups is 1. The van der Waals surface area contributed by atoms with Gasteiger partial charge in [0, 0.05) is 39.3 Å². The summed E-state index contributed by atoms with van der Waals surface area (Å²) < 4.78 is 5.30. The molecule has 0 fully saturated rings. The Kier molecular flexibility index (Phi) is 7.17. The second kappa shape index (κ2) is 10.0. The molecule has 0 aromatic heterocycles. The zero-order chi connectivity index (χ0) is 21.5. The van der Waals surface area contributed by atoms with Crippen LogP contribution in [0.2, 0.25) is 0 Å². The Bertz CT molecular complexity index is 880. The Balaban J connectivity index is 1.65. The van der Waals surface area contributed by atoms with E-state index >= 15 is 0 Å². The number of amides is 2. The highest BCUT2D eigenvalue weighted by Gasteiger charge is 2.27. The zero-order valence-electron chi connectivity index (χ0n) is 18.1. The first-order chi connectivity index (χ1) is 14.5. The van der Waals surface area contributed by atoms with Crippen molar-refractivity contribution in [2.24, 2.45) is 5.16 Å². The Hall–Kier alpha value is -3.22. The number of hydrogen-bond acceptors (Lipinski definition) is 5. The highest BCUT2D eigenvalue weighted by molar-refractivity contribution is 6.01. The third-order valence-electron chi connectivity index (χ3n) is 5.00. The standard InChI is InChI=1S/C23H30N4O3/c1-5-24-23(28)27(15-17-7-6-8-20(13-17)29-4)16-21-14-22(25-30-21)18-9-11-19(12-10-18)26(2)3/h6-13,21H,5,14-16H2,1-4H3,(H,24,28). The van der Waals surface area contributed by atoms with Crippen LogP contribution in [0.15, 0.2) is 53.7 Å². The van der Waals surface area contributed by atoms with Crippen LogP contribution in [0.25, 0.3) is 0 Å². The predicted octanol–water partition coefficient (Wildman–Crippen LogP) is 3.49. The molecule has 1 N–H and O–H groups in total. The average molecular weight is 411 g/mol. The van der Waals surface area contributed by atoms with Crippen molar-refractivity contribution in [2.45, 2.75) is 26.0 Å². The maximum absolute atomic E-state index is 12.6. The third kappa shape index (κ3) is 5.43.